The van der Waals surface area contributed by atoms with E-state index in [2.05, 4.69) is 0 Å². The van der Waals surface area contributed by atoms with E-state index in [4.69, 9.17) is 23.7 Å². The van der Waals surface area contributed by atoms with E-state index in [-0.39, 0.29) is 19.8 Å². The highest BCUT2D eigenvalue weighted by Gasteiger charge is 2.48. The number of ether oxygens (including phenoxy) is 5. The van der Waals surface area contributed by atoms with Gasteiger partial charge in [-0.25, -0.2) is 0 Å². The Labute approximate surface area is 222 Å². The first kappa shape index (κ1) is 28.4. The van der Waals surface area contributed by atoms with E-state index in [1.54, 1.807) is 0 Å². The maximum Gasteiger partial charge on any atom is 0.348 e. The van der Waals surface area contributed by atoms with Crippen LogP contribution in [0.1, 0.15) is 16.7 Å². The van der Waals surface area contributed by atoms with Crippen molar-refractivity contribution in [1.29, 1.82) is 0 Å². The largest absolute Gasteiger partial charge is 0.368 e. The normalized spacial score (nSPS) is 24.0. The molecule has 8 nitrogen and oxygen atoms in total. The Morgan fingerprint density at radius 2 is 1.13 bits per heavy atom. The lowest BCUT2D eigenvalue weighted by Crippen LogP contribution is -2.60. The molecular weight excluding hydrogens is 507 g/mol. The van der Waals surface area contributed by atoms with Gasteiger partial charge in [0.15, 0.2) is 6.29 Å². The zero-order valence-corrected chi connectivity index (χ0v) is 22.0. The van der Waals surface area contributed by atoms with Crippen LogP contribution in [-0.2, 0) is 48.1 Å². The van der Waals surface area contributed by atoms with Crippen LogP contribution in [0.4, 0.5) is 0 Å². The van der Waals surface area contributed by atoms with Gasteiger partial charge in [0.1, 0.15) is 24.4 Å². The number of rotatable bonds is 12. The minimum Gasteiger partial charge on any atom is -0.368 e. The fraction of sp³-hybridized carbons (Fsp3) is 0.310. The van der Waals surface area contributed by atoms with Crippen LogP contribution in [0.2, 0.25) is 0 Å². The van der Waals surface area contributed by atoms with E-state index in [1.165, 1.54) is 13.2 Å². The minimum absolute atomic E-state index is 0.239. The van der Waals surface area contributed by atoms with Gasteiger partial charge in [-0.15, -0.1) is 0 Å². The third-order valence-corrected chi connectivity index (χ3v) is 6.65. The van der Waals surface area contributed by atoms with Gasteiger partial charge in [0, 0.05) is 12.9 Å². The van der Waals surface area contributed by atoms with E-state index < -0.39 is 38.3 Å². The smallest absolute Gasteiger partial charge is 0.348 e. The Morgan fingerprint density at radius 3 is 1.55 bits per heavy atom. The molecule has 1 fully saturated rings. The van der Waals surface area contributed by atoms with Crippen LogP contribution < -0.4 is 0 Å². The molecule has 3 aromatic rings. The summed E-state index contributed by atoms with van der Waals surface area (Å²) in [5, 5.41) is 0. The van der Waals surface area contributed by atoms with Gasteiger partial charge < -0.3 is 33.5 Å². The topological polar surface area (TPSA) is 104 Å². The summed E-state index contributed by atoms with van der Waals surface area (Å²) in [6.07, 6.45) is -2.56. The molecule has 5 atom stereocenters. The molecule has 0 saturated carbocycles. The summed E-state index contributed by atoms with van der Waals surface area (Å²) >= 11 is 0. The highest BCUT2D eigenvalue weighted by molar-refractivity contribution is 7.55. The lowest BCUT2D eigenvalue weighted by atomic mass is 9.97. The summed E-state index contributed by atoms with van der Waals surface area (Å²) < 4.78 is 42.5. The molecule has 0 amide bonds. The number of hydrogen-bond donors (Lipinski definition) is 2. The number of benzene rings is 3. The second-order valence-electron chi connectivity index (χ2n) is 8.92. The summed E-state index contributed by atoms with van der Waals surface area (Å²) in [5.74, 6) is 0.822. The fourth-order valence-corrected chi connectivity index (χ4v) is 4.63. The van der Waals surface area contributed by atoms with Gasteiger partial charge in [-0.2, -0.15) is 0 Å². The van der Waals surface area contributed by atoms with Crippen molar-refractivity contribution in [3.05, 3.63) is 120 Å². The molecular formula is C29H33O8P. The van der Waals surface area contributed by atoms with Crippen molar-refractivity contribution in [3.63, 3.8) is 0 Å². The van der Waals surface area contributed by atoms with Gasteiger partial charge in [-0.05, 0) is 22.8 Å². The van der Waals surface area contributed by atoms with Crippen molar-refractivity contribution in [2.75, 3.05) is 7.11 Å². The Balaban J connectivity index is 1.64. The van der Waals surface area contributed by atoms with Gasteiger partial charge >= 0.3 is 7.60 Å². The predicted molar refractivity (Wildman–Crippen MR) is 142 cm³/mol. The summed E-state index contributed by atoms with van der Waals surface area (Å²) in [4.78, 5) is 19.0. The summed E-state index contributed by atoms with van der Waals surface area (Å²) in [6, 6.07) is 29.0. The van der Waals surface area contributed by atoms with E-state index in [0.29, 0.717) is 0 Å². The fourth-order valence-electron chi connectivity index (χ4n) is 4.23. The van der Waals surface area contributed by atoms with E-state index in [1.807, 2.05) is 91.0 Å². The minimum atomic E-state index is -4.44. The molecule has 38 heavy (non-hydrogen) atoms. The SMILES string of the molecule is COC1OC(/C=C/P(=O)(O)O)C(OCc2ccccc2)C(OCc2ccccc2)C1OCc1ccccc1. The molecule has 4 rings (SSSR count). The average Bonchev–Trinajstić information content (AvgIpc) is 2.94. The standard InChI is InChI=1S/C29H33O8P/c1-33-29-28(36-21-24-15-9-4-10-16-24)27(35-20-23-13-7-3-8-14-23)26(25(37-29)17-18-38(30,31)32)34-19-22-11-5-2-6-12-22/h2-18,25-29H,19-21H2,1H3,(H2,30,31,32)/b18-17+. The number of methoxy groups -OCH3 is 1. The maximum absolute atomic E-state index is 11.7. The van der Waals surface area contributed by atoms with E-state index >= 15 is 0 Å². The molecule has 202 valence electrons. The molecule has 1 aliphatic heterocycles. The first-order valence-corrected chi connectivity index (χ1v) is 14.0. The van der Waals surface area contributed by atoms with Crippen LogP contribution in [0.25, 0.3) is 0 Å². The van der Waals surface area contributed by atoms with Gasteiger partial charge in [-0.1, -0.05) is 91.0 Å². The summed E-state index contributed by atoms with van der Waals surface area (Å²) in [7, 11) is -2.95. The molecule has 9 heteroatoms. The lowest BCUT2D eigenvalue weighted by Gasteiger charge is -2.45. The lowest BCUT2D eigenvalue weighted by molar-refractivity contribution is -0.309. The monoisotopic (exact) mass is 540 g/mol. The molecule has 0 aliphatic carbocycles. The average molecular weight is 541 g/mol. The van der Waals surface area contributed by atoms with Crippen LogP contribution >= 0.6 is 7.60 Å². The second-order valence-corrected chi connectivity index (χ2v) is 10.4. The second kappa shape index (κ2) is 13.9. The molecule has 0 aromatic heterocycles. The molecule has 1 aliphatic rings. The van der Waals surface area contributed by atoms with Gasteiger partial charge in [0.25, 0.3) is 0 Å². The highest BCUT2D eigenvalue weighted by Crippen LogP contribution is 2.38. The van der Waals surface area contributed by atoms with Crippen molar-refractivity contribution in [3.8, 4) is 0 Å². The Hall–Kier alpha value is -2.65. The molecule has 0 spiro atoms. The Kier molecular flexibility index (Phi) is 10.4. The van der Waals surface area contributed by atoms with E-state index in [9.17, 15) is 14.4 Å². The van der Waals surface area contributed by atoms with E-state index in [0.717, 1.165) is 22.5 Å². The molecule has 0 bridgehead atoms. The molecule has 5 unspecified atom stereocenters. The number of hydrogen-bond acceptors (Lipinski definition) is 6. The molecule has 0 radical (unpaired) electrons. The van der Waals surface area contributed by atoms with Crippen LogP contribution in [0.3, 0.4) is 0 Å². The van der Waals surface area contributed by atoms with Crippen LogP contribution in [-0.4, -0.2) is 47.6 Å². The van der Waals surface area contributed by atoms with Crippen molar-refractivity contribution in [2.24, 2.45) is 0 Å². The quantitative estimate of drug-likeness (QED) is 0.316. The molecule has 2 N–H and O–H groups in total. The first-order chi connectivity index (χ1) is 18.4. The Morgan fingerprint density at radius 1 is 0.711 bits per heavy atom. The van der Waals surface area contributed by atoms with Crippen LogP contribution in [0.15, 0.2) is 103 Å². The highest BCUT2D eigenvalue weighted by atomic mass is 31.2. The predicted octanol–water partition coefficient (Wildman–Crippen LogP) is 4.81. The molecule has 1 heterocycles. The van der Waals surface area contributed by atoms with Crippen molar-refractivity contribution >= 4 is 7.60 Å². The van der Waals surface area contributed by atoms with Crippen LogP contribution in [0, 0.1) is 0 Å². The molecule has 3 aromatic carbocycles. The zero-order chi connectivity index (χ0) is 26.8. The van der Waals surface area contributed by atoms with Crippen LogP contribution in [0.5, 0.6) is 0 Å². The zero-order valence-electron chi connectivity index (χ0n) is 21.1. The molecule has 1 saturated heterocycles. The summed E-state index contributed by atoms with van der Waals surface area (Å²) in [5.41, 5.74) is 2.86. The third-order valence-electron chi connectivity index (χ3n) is 6.09. The third kappa shape index (κ3) is 8.43. The van der Waals surface area contributed by atoms with Crippen molar-refractivity contribution < 1.29 is 38.0 Å². The summed E-state index contributed by atoms with van der Waals surface area (Å²) in [6.45, 7) is 0.797. The van der Waals surface area contributed by atoms with Gasteiger partial charge in [-0.3, -0.25) is 4.57 Å². The first-order valence-electron chi connectivity index (χ1n) is 12.3. The van der Waals surface area contributed by atoms with Gasteiger partial charge in [0.2, 0.25) is 0 Å². The van der Waals surface area contributed by atoms with Crippen molar-refractivity contribution in [1.82, 2.24) is 0 Å². The van der Waals surface area contributed by atoms with Gasteiger partial charge in [0.05, 0.1) is 19.8 Å². The Bertz CT molecular complexity index is 1170. The maximum atomic E-state index is 11.7. The van der Waals surface area contributed by atoms with Crippen molar-refractivity contribution in [2.45, 2.75) is 50.5 Å².